The molecule has 2 heterocycles. The van der Waals surface area contributed by atoms with Crippen molar-refractivity contribution in [3.63, 3.8) is 0 Å². The molecule has 16 heavy (non-hydrogen) atoms. The van der Waals surface area contributed by atoms with Gasteiger partial charge in [0.1, 0.15) is 0 Å². The van der Waals surface area contributed by atoms with Crippen LogP contribution in [0.25, 0.3) is 0 Å². The van der Waals surface area contributed by atoms with Crippen LogP contribution in [-0.2, 0) is 0 Å². The van der Waals surface area contributed by atoms with Crippen molar-refractivity contribution >= 4 is 11.6 Å². The summed E-state index contributed by atoms with van der Waals surface area (Å²) in [7, 11) is 0. The Hall–Kier alpha value is -1.78. The van der Waals surface area contributed by atoms with Crippen molar-refractivity contribution in [2.24, 2.45) is 4.99 Å². The molecule has 2 rings (SSSR count). The third-order valence-corrected chi connectivity index (χ3v) is 2.33. The highest BCUT2D eigenvalue weighted by Gasteiger charge is 2.10. The Labute approximate surface area is 95.4 Å². The summed E-state index contributed by atoms with van der Waals surface area (Å²) >= 11 is 0. The fraction of sp³-hybridized carbons (Fsp3) is 0.455. The molecule has 0 saturated heterocycles. The van der Waals surface area contributed by atoms with Crippen molar-refractivity contribution in [2.75, 3.05) is 25.0 Å². The van der Waals surface area contributed by atoms with E-state index in [-0.39, 0.29) is 0 Å². The Morgan fingerprint density at radius 3 is 2.75 bits per heavy atom. The molecule has 0 fully saturated rings. The highest BCUT2D eigenvalue weighted by molar-refractivity contribution is 5.81. The van der Waals surface area contributed by atoms with E-state index in [0.29, 0.717) is 6.04 Å². The van der Waals surface area contributed by atoms with Gasteiger partial charge in [-0.15, -0.1) is 0 Å². The Morgan fingerprint density at radius 2 is 2.06 bits per heavy atom. The Kier molecular flexibility index (Phi) is 3.58. The van der Waals surface area contributed by atoms with Gasteiger partial charge in [0.05, 0.1) is 6.54 Å². The quantitative estimate of drug-likeness (QED) is 0.643. The van der Waals surface area contributed by atoms with E-state index in [2.05, 4.69) is 32.9 Å². The van der Waals surface area contributed by atoms with Crippen LogP contribution >= 0.6 is 0 Å². The molecule has 1 unspecified atom stereocenters. The molecule has 3 N–H and O–H groups in total. The number of hydrogen-bond acceptors (Lipinski definition) is 5. The topological polar surface area (TPSA) is 61.3 Å². The molecule has 1 aromatic heterocycles. The lowest BCUT2D eigenvalue weighted by Gasteiger charge is -2.09. The van der Waals surface area contributed by atoms with Crippen LogP contribution in [0.15, 0.2) is 29.5 Å². The maximum absolute atomic E-state index is 4.32. The maximum atomic E-state index is 4.32. The smallest absolute Gasteiger partial charge is 0.191 e. The first-order valence-electron chi connectivity index (χ1n) is 5.53. The molecule has 0 spiro atoms. The van der Waals surface area contributed by atoms with Crippen molar-refractivity contribution in [3.8, 4) is 0 Å². The number of pyridine rings is 1. The van der Waals surface area contributed by atoms with Crippen molar-refractivity contribution in [1.82, 2.24) is 15.6 Å². The van der Waals surface area contributed by atoms with Crippen LogP contribution < -0.4 is 16.0 Å². The van der Waals surface area contributed by atoms with Crippen LogP contribution in [0, 0.1) is 0 Å². The molecule has 86 valence electrons. The number of nitrogens with one attached hydrogen (secondary N) is 3. The first-order chi connectivity index (χ1) is 7.84. The number of anilines is 1. The number of hydrogen-bond donors (Lipinski definition) is 3. The molecular weight excluding hydrogens is 202 g/mol. The van der Waals surface area contributed by atoms with Crippen molar-refractivity contribution in [1.29, 1.82) is 0 Å². The van der Waals surface area contributed by atoms with E-state index in [1.165, 1.54) is 0 Å². The minimum atomic E-state index is 0.454. The van der Waals surface area contributed by atoms with E-state index in [1.807, 2.05) is 12.1 Å². The predicted octanol–water partition coefficient (Wildman–Crippen LogP) is 0.431. The summed E-state index contributed by atoms with van der Waals surface area (Å²) in [5.74, 6) is 0.907. The molecular formula is C11H17N5. The maximum Gasteiger partial charge on any atom is 0.191 e. The summed E-state index contributed by atoms with van der Waals surface area (Å²) in [6, 6.07) is 4.36. The number of guanidine groups is 1. The fourth-order valence-electron chi connectivity index (χ4n) is 1.52. The molecule has 1 aromatic rings. The first kappa shape index (κ1) is 10.7. The predicted molar refractivity (Wildman–Crippen MR) is 65.6 cm³/mol. The average molecular weight is 219 g/mol. The number of aromatic nitrogens is 1. The average Bonchev–Trinajstić information content (AvgIpc) is 2.72. The molecule has 0 radical (unpaired) electrons. The van der Waals surface area contributed by atoms with E-state index in [0.717, 1.165) is 31.3 Å². The van der Waals surface area contributed by atoms with Gasteiger partial charge in [-0.2, -0.15) is 0 Å². The summed E-state index contributed by atoms with van der Waals surface area (Å²) in [4.78, 5) is 8.28. The summed E-state index contributed by atoms with van der Waals surface area (Å²) in [6.45, 7) is 4.69. The first-order valence-corrected chi connectivity index (χ1v) is 5.53. The fourth-order valence-corrected chi connectivity index (χ4v) is 1.52. The second kappa shape index (κ2) is 5.34. The number of rotatable bonds is 4. The lowest BCUT2D eigenvalue weighted by Crippen LogP contribution is -2.39. The largest absolute Gasteiger partial charge is 0.383 e. The minimum Gasteiger partial charge on any atom is -0.383 e. The molecule has 0 bridgehead atoms. The van der Waals surface area contributed by atoms with Crippen LogP contribution in [0.5, 0.6) is 0 Å². The Bertz CT molecular complexity index is 349. The summed E-state index contributed by atoms with van der Waals surface area (Å²) < 4.78 is 0. The molecule has 0 aliphatic carbocycles. The molecule has 5 nitrogen and oxygen atoms in total. The lowest BCUT2D eigenvalue weighted by molar-refractivity contribution is 0.714. The molecule has 0 saturated carbocycles. The molecule has 0 aromatic carbocycles. The third-order valence-electron chi connectivity index (χ3n) is 2.33. The Balaban J connectivity index is 1.62. The third kappa shape index (κ3) is 3.12. The molecule has 1 aliphatic rings. The van der Waals surface area contributed by atoms with Gasteiger partial charge in [-0.05, 0) is 19.1 Å². The van der Waals surface area contributed by atoms with Gasteiger partial charge in [0.25, 0.3) is 0 Å². The normalized spacial score (nSPS) is 18.8. The van der Waals surface area contributed by atoms with Crippen molar-refractivity contribution in [2.45, 2.75) is 13.0 Å². The summed E-state index contributed by atoms with van der Waals surface area (Å²) in [6.07, 6.45) is 3.56. The van der Waals surface area contributed by atoms with Crippen LogP contribution in [0.2, 0.25) is 0 Å². The highest BCUT2D eigenvalue weighted by Crippen LogP contribution is 2.01. The van der Waals surface area contributed by atoms with Crippen molar-refractivity contribution < 1.29 is 0 Å². The van der Waals surface area contributed by atoms with E-state index in [4.69, 9.17) is 0 Å². The van der Waals surface area contributed by atoms with Crippen LogP contribution in [0.1, 0.15) is 6.92 Å². The zero-order valence-corrected chi connectivity index (χ0v) is 9.40. The van der Waals surface area contributed by atoms with Gasteiger partial charge < -0.3 is 16.0 Å². The number of aliphatic imine (C=N–C) groups is 1. The van der Waals surface area contributed by atoms with E-state index >= 15 is 0 Å². The second-order valence-corrected chi connectivity index (χ2v) is 3.82. The lowest BCUT2D eigenvalue weighted by atomic mass is 10.4. The standard InChI is InChI=1S/C11H17N5/c1-9-8-15-11(16-9)14-7-6-13-10-2-4-12-5-3-10/h2-5,9H,6-8H2,1H3,(H,12,13)(H2,14,15,16). The minimum absolute atomic E-state index is 0.454. The molecule has 0 amide bonds. The van der Waals surface area contributed by atoms with E-state index < -0.39 is 0 Å². The highest BCUT2D eigenvalue weighted by atomic mass is 15.2. The summed E-state index contributed by atoms with van der Waals surface area (Å²) in [5.41, 5.74) is 1.09. The van der Waals surface area contributed by atoms with Gasteiger partial charge in [0.2, 0.25) is 0 Å². The van der Waals surface area contributed by atoms with Crippen LogP contribution in [0.3, 0.4) is 0 Å². The Morgan fingerprint density at radius 1 is 1.31 bits per heavy atom. The van der Waals surface area contributed by atoms with Gasteiger partial charge in [0.15, 0.2) is 5.96 Å². The van der Waals surface area contributed by atoms with E-state index in [1.54, 1.807) is 12.4 Å². The van der Waals surface area contributed by atoms with Gasteiger partial charge in [-0.3, -0.25) is 9.98 Å². The van der Waals surface area contributed by atoms with Crippen LogP contribution in [-0.4, -0.2) is 36.6 Å². The van der Waals surface area contributed by atoms with Crippen LogP contribution in [0.4, 0.5) is 5.69 Å². The summed E-state index contributed by atoms with van der Waals surface area (Å²) in [5, 5.41) is 9.79. The SMILES string of the molecule is CC1CN=C(NCCNc2ccncc2)N1. The molecule has 1 atom stereocenters. The van der Waals surface area contributed by atoms with E-state index in [9.17, 15) is 0 Å². The molecule has 5 heteroatoms. The van der Waals surface area contributed by atoms with Gasteiger partial charge in [-0.1, -0.05) is 0 Å². The number of nitrogens with zero attached hydrogens (tertiary/aromatic N) is 2. The van der Waals surface area contributed by atoms with Crippen molar-refractivity contribution in [3.05, 3.63) is 24.5 Å². The second-order valence-electron chi connectivity index (χ2n) is 3.82. The zero-order chi connectivity index (χ0) is 11.2. The monoisotopic (exact) mass is 219 g/mol. The van der Waals surface area contributed by atoms with Gasteiger partial charge in [0, 0.05) is 37.2 Å². The molecule has 1 aliphatic heterocycles. The zero-order valence-electron chi connectivity index (χ0n) is 9.40. The van der Waals surface area contributed by atoms with Gasteiger partial charge >= 0.3 is 0 Å². The van der Waals surface area contributed by atoms with Gasteiger partial charge in [-0.25, -0.2) is 0 Å².